The van der Waals surface area contributed by atoms with E-state index in [-0.39, 0.29) is 22.9 Å². The molecule has 4 rings (SSSR count). The summed E-state index contributed by atoms with van der Waals surface area (Å²) in [5.74, 6) is -0.413. The van der Waals surface area contributed by atoms with Gasteiger partial charge in [0.15, 0.2) is 0 Å². The van der Waals surface area contributed by atoms with Gasteiger partial charge in [0.2, 0.25) is 0 Å². The van der Waals surface area contributed by atoms with Crippen molar-refractivity contribution in [2.24, 2.45) is 0 Å². The van der Waals surface area contributed by atoms with Crippen LogP contribution in [0.25, 0.3) is 0 Å². The SMILES string of the molecule is CN(C)[C@H]1C[C@@H](c2ccccc2)CC[C@@H]1Nc1cc(F)c(S(=O)(=O)Nc2ccncn2)cc1Cl. The second-order valence-corrected chi connectivity index (χ2v) is 10.7. The van der Waals surface area contributed by atoms with Crippen molar-refractivity contribution in [3.63, 3.8) is 0 Å². The van der Waals surface area contributed by atoms with E-state index in [1.165, 1.54) is 24.2 Å². The number of nitrogens with one attached hydrogen (secondary N) is 2. The van der Waals surface area contributed by atoms with Gasteiger partial charge in [0, 0.05) is 18.3 Å². The van der Waals surface area contributed by atoms with E-state index in [4.69, 9.17) is 11.6 Å². The molecule has 1 aliphatic carbocycles. The molecule has 34 heavy (non-hydrogen) atoms. The molecule has 1 fully saturated rings. The summed E-state index contributed by atoms with van der Waals surface area (Å²) >= 11 is 6.42. The van der Waals surface area contributed by atoms with Crippen molar-refractivity contribution in [1.82, 2.24) is 14.9 Å². The first-order chi connectivity index (χ1) is 16.2. The van der Waals surface area contributed by atoms with Crippen LogP contribution in [0.4, 0.5) is 15.9 Å². The Kier molecular flexibility index (Phi) is 7.35. The molecule has 1 heterocycles. The van der Waals surface area contributed by atoms with Crippen molar-refractivity contribution >= 4 is 33.1 Å². The second-order valence-electron chi connectivity index (χ2n) is 8.67. The number of halogens is 2. The number of benzene rings is 2. The minimum atomic E-state index is -4.21. The molecule has 1 saturated carbocycles. The number of anilines is 2. The lowest BCUT2D eigenvalue weighted by Crippen LogP contribution is -2.47. The Labute approximate surface area is 204 Å². The Balaban J connectivity index is 1.53. The Hall–Kier alpha value is -2.75. The molecule has 0 aliphatic heterocycles. The van der Waals surface area contributed by atoms with Crippen LogP contribution >= 0.6 is 11.6 Å². The molecule has 3 atom stereocenters. The van der Waals surface area contributed by atoms with Gasteiger partial charge in [-0.3, -0.25) is 4.72 Å². The molecule has 0 bridgehead atoms. The van der Waals surface area contributed by atoms with Crippen LogP contribution in [0, 0.1) is 5.82 Å². The van der Waals surface area contributed by atoms with Gasteiger partial charge in [-0.05, 0) is 63.0 Å². The van der Waals surface area contributed by atoms with Crippen molar-refractivity contribution < 1.29 is 12.8 Å². The third kappa shape index (κ3) is 5.48. The maximum absolute atomic E-state index is 15.0. The molecular formula is C24H27ClFN5O2S. The predicted octanol–water partition coefficient (Wildman–Crippen LogP) is 4.75. The van der Waals surface area contributed by atoms with Crippen molar-refractivity contribution in [3.8, 4) is 0 Å². The van der Waals surface area contributed by atoms with Gasteiger partial charge in [0.25, 0.3) is 10.0 Å². The molecule has 0 unspecified atom stereocenters. The molecule has 3 aromatic rings. The Morgan fingerprint density at radius 1 is 1.12 bits per heavy atom. The molecule has 1 aromatic heterocycles. The monoisotopic (exact) mass is 503 g/mol. The largest absolute Gasteiger partial charge is 0.379 e. The fourth-order valence-electron chi connectivity index (χ4n) is 4.50. The van der Waals surface area contributed by atoms with E-state index in [0.717, 1.165) is 31.4 Å². The third-order valence-electron chi connectivity index (χ3n) is 6.22. The van der Waals surface area contributed by atoms with Gasteiger partial charge in [-0.1, -0.05) is 41.9 Å². The van der Waals surface area contributed by atoms with Crippen LogP contribution < -0.4 is 10.0 Å². The molecule has 7 nitrogen and oxygen atoms in total. The number of nitrogens with zero attached hydrogens (tertiary/aromatic N) is 3. The zero-order chi connectivity index (χ0) is 24.3. The van der Waals surface area contributed by atoms with E-state index in [1.807, 2.05) is 20.2 Å². The third-order valence-corrected chi connectivity index (χ3v) is 7.91. The average molecular weight is 504 g/mol. The Bertz CT molecular complexity index is 1230. The van der Waals surface area contributed by atoms with Crippen LogP contribution in [0.15, 0.2) is 66.0 Å². The number of aromatic nitrogens is 2. The van der Waals surface area contributed by atoms with Crippen LogP contribution in [-0.2, 0) is 10.0 Å². The summed E-state index contributed by atoms with van der Waals surface area (Å²) in [5.41, 5.74) is 1.69. The summed E-state index contributed by atoms with van der Waals surface area (Å²) in [6.07, 6.45) is 5.39. The molecule has 0 amide bonds. The highest BCUT2D eigenvalue weighted by Gasteiger charge is 2.33. The van der Waals surface area contributed by atoms with Crippen LogP contribution in [0.3, 0.4) is 0 Å². The molecular weight excluding hydrogens is 477 g/mol. The molecule has 2 N–H and O–H groups in total. The van der Waals surface area contributed by atoms with Gasteiger partial charge in [0.1, 0.15) is 22.9 Å². The zero-order valence-corrected chi connectivity index (χ0v) is 20.5. The summed E-state index contributed by atoms with van der Waals surface area (Å²) in [7, 11) is -0.152. The van der Waals surface area contributed by atoms with Crippen molar-refractivity contribution in [2.45, 2.75) is 42.2 Å². The van der Waals surface area contributed by atoms with Crippen molar-refractivity contribution in [2.75, 3.05) is 24.1 Å². The van der Waals surface area contributed by atoms with E-state index < -0.39 is 20.7 Å². The highest BCUT2D eigenvalue weighted by Crippen LogP contribution is 2.37. The summed E-state index contributed by atoms with van der Waals surface area (Å²) < 4.78 is 42.6. The minimum absolute atomic E-state index is 0.0356. The molecule has 180 valence electrons. The van der Waals surface area contributed by atoms with Crippen LogP contribution in [0.2, 0.25) is 5.02 Å². The van der Waals surface area contributed by atoms with Crippen molar-refractivity contribution in [1.29, 1.82) is 0 Å². The molecule has 0 radical (unpaired) electrons. The fraction of sp³-hybridized carbons (Fsp3) is 0.333. The molecule has 1 aliphatic rings. The van der Waals surface area contributed by atoms with Crippen molar-refractivity contribution in [3.05, 3.63) is 77.5 Å². The van der Waals surface area contributed by atoms with Crippen LogP contribution in [0.5, 0.6) is 0 Å². The smallest absolute Gasteiger partial charge is 0.266 e. The van der Waals surface area contributed by atoms with Gasteiger partial charge in [-0.15, -0.1) is 0 Å². The highest BCUT2D eigenvalue weighted by molar-refractivity contribution is 7.92. The fourth-order valence-corrected chi connectivity index (χ4v) is 5.88. The van der Waals surface area contributed by atoms with E-state index >= 15 is 0 Å². The number of rotatable bonds is 7. The maximum atomic E-state index is 15.0. The van der Waals surface area contributed by atoms with Crippen LogP contribution in [-0.4, -0.2) is 49.5 Å². The lowest BCUT2D eigenvalue weighted by Gasteiger charge is -2.41. The molecule has 10 heteroatoms. The van der Waals surface area contributed by atoms with E-state index in [2.05, 4.69) is 49.2 Å². The van der Waals surface area contributed by atoms with E-state index in [1.54, 1.807) is 0 Å². The minimum Gasteiger partial charge on any atom is -0.379 e. The molecule has 0 saturated heterocycles. The summed E-state index contributed by atoms with van der Waals surface area (Å²) in [5, 5.41) is 3.50. The summed E-state index contributed by atoms with van der Waals surface area (Å²) in [4.78, 5) is 9.17. The molecule has 0 spiro atoms. The normalized spacial score (nSPS) is 20.8. The maximum Gasteiger partial charge on any atom is 0.266 e. The topological polar surface area (TPSA) is 87.2 Å². The Morgan fingerprint density at radius 2 is 1.88 bits per heavy atom. The van der Waals surface area contributed by atoms with Gasteiger partial charge < -0.3 is 10.2 Å². The highest BCUT2D eigenvalue weighted by atomic mass is 35.5. The van der Waals surface area contributed by atoms with Gasteiger partial charge in [-0.25, -0.2) is 22.8 Å². The Morgan fingerprint density at radius 3 is 2.56 bits per heavy atom. The lowest BCUT2D eigenvalue weighted by molar-refractivity contribution is 0.196. The van der Waals surface area contributed by atoms with Crippen LogP contribution in [0.1, 0.15) is 30.7 Å². The van der Waals surface area contributed by atoms with Gasteiger partial charge in [-0.2, -0.15) is 0 Å². The second kappa shape index (κ2) is 10.2. The first kappa shape index (κ1) is 24.4. The standard InChI is InChI=1S/C24H27ClFN5O2S/c1-31(2)22-12-17(16-6-4-3-5-7-16)8-9-20(22)29-21-14-19(26)23(13-18(21)25)34(32,33)30-24-10-11-27-15-28-24/h3-7,10-11,13-15,17,20,22,29H,8-9,12H2,1-2H3,(H,27,28,30)/t17-,20-,22-/m0/s1. The number of hydrogen-bond acceptors (Lipinski definition) is 6. The van der Waals surface area contributed by atoms with Gasteiger partial charge in [0.05, 0.1) is 10.7 Å². The molecule has 2 aromatic carbocycles. The summed E-state index contributed by atoms with van der Waals surface area (Å²) in [6, 6.07) is 14.3. The first-order valence-electron chi connectivity index (χ1n) is 11.0. The van der Waals surface area contributed by atoms with E-state index in [9.17, 15) is 12.8 Å². The van der Waals surface area contributed by atoms with Gasteiger partial charge >= 0.3 is 0 Å². The zero-order valence-electron chi connectivity index (χ0n) is 18.9. The number of sulfonamides is 1. The average Bonchev–Trinajstić information content (AvgIpc) is 2.82. The van der Waals surface area contributed by atoms with E-state index in [0.29, 0.717) is 11.6 Å². The number of likely N-dealkylation sites (N-methyl/N-ethyl adjacent to an activating group) is 1. The number of hydrogen-bond donors (Lipinski definition) is 2. The summed E-state index contributed by atoms with van der Waals surface area (Å²) in [6.45, 7) is 0. The predicted molar refractivity (Wildman–Crippen MR) is 132 cm³/mol. The first-order valence-corrected chi connectivity index (χ1v) is 12.9. The lowest BCUT2D eigenvalue weighted by atomic mass is 9.78. The quantitative estimate of drug-likeness (QED) is 0.484.